The van der Waals surface area contributed by atoms with Crippen LogP contribution in [0, 0.1) is 0 Å². The molecule has 4 rings (SSSR count). The van der Waals surface area contributed by atoms with Gasteiger partial charge in [0.15, 0.2) is 0 Å². The number of aromatic nitrogens is 1. The van der Waals surface area contributed by atoms with E-state index in [4.69, 9.17) is 4.74 Å². The van der Waals surface area contributed by atoms with Crippen LogP contribution >= 0.6 is 0 Å². The molecule has 7 heteroatoms. The first-order valence-electron chi connectivity index (χ1n) is 9.70. The lowest BCUT2D eigenvalue weighted by Gasteiger charge is -2.21. The fourth-order valence-electron chi connectivity index (χ4n) is 3.58. The molecule has 0 spiro atoms. The molecule has 150 valence electrons. The lowest BCUT2D eigenvalue weighted by Crippen LogP contribution is -2.21. The quantitative estimate of drug-likeness (QED) is 0.625. The molecule has 1 aliphatic carbocycles. The van der Waals surface area contributed by atoms with Crippen LogP contribution in [0.2, 0.25) is 0 Å². The van der Waals surface area contributed by atoms with E-state index in [0.717, 1.165) is 31.1 Å². The Morgan fingerprint density at radius 3 is 2.45 bits per heavy atom. The number of fused-ring (bicyclic) bond motifs is 1. The SMILES string of the molecule is O=C(OC1CCCCC1)c1ccc(NS(=O)(=O)c2cccc3cccnc23)cc1. The van der Waals surface area contributed by atoms with E-state index in [1.54, 1.807) is 42.6 Å². The maximum Gasteiger partial charge on any atom is 0.338 e. The Bertz CT molecular complexity index is 1120. The van der Waals surface area contributed by atoms with Gasteiger partial charge in [-0.2, -0.15) is 0 Å². The van der Waals surface area contributed by atoms with E-state index in [9.17, 15) is 13.2 Å². The Kier molecular flexibility index (Phi) is 5.49. The first-order chi connectivity index (χ1) is 14.0. The van der Waals surface area contributed by atoms with Gasteiger partial charge in [0.05, 0.1) is 11.1 Å². The largest absolute Gasteiger partial charge is 0.459 e. The maximum absolute atomic E-state index is 12.9. The number of para-hydroxylation sites is 1. The van der Waals surface area contributed by atoms with E-state index < -0.39 is 10.0 Å². The number of hydrogen-bond donors (Lipinski definition) is 1. The molecular formula is C22H22N2O4S. The number of carbonyl (C=O) groups excluding carboxylic acids is 1. The number of rotatable bonds is 5. The zero-order chi connectivity index (χ0) is 20.3. The number of benzene rings is 2. The standard InChI is InChI=1S/C22H22N2O4S/c25-22(28-19-8-2-1-3-9-19)17-11-13-18(14-12-17)24-29(26,27)20-10-4-6-16-7-5-15-23-21(16)20/h4-7,10-15,19,24H,1-3,8-9H2. The summed E-state index contributed by atoms with van der Waals surface area (Å²) >= 11 is 0. The summed E-state index contributed by atoms with van der Waals surface area (Å²) in [6.45, 7) is 0. The van der Waals surface area contributed by atoms with Crippen molar-refractivity contribution in [2.75, 3.05) is 4.72 Å². The van der Waals surface area contributed by atoms with E-state index >= 15 is 0 Å². The summed E-state index contributed by atoms with van der Waals surface area (Å²) in [5, 5.41) is 0.746. The molecule has 0 bridgehead atoms. The van der Waals surface area contributed by atoms with Crippen molar-refractivity contribution in [2.24, 2.45) is 0 Å². The van der Waals surface area contributed by atoms with Crippen molar-refractivity contribution in [3.05, 3.63) is 66.4 Å². The molecule has 2 aromatic carbocycles. The number of sulfonamides is 1. The highest BCUT2D eigenvalue weighted by Gasteiger charge is 2.20. The van der Waals surface area contributed by atoms with Crippen molar-refractivity contribution in [3.63, 3.8) is 0 Å². The highest BCUT2D eigenvalue weighted by Crippen LogP contribution is 2.24. The zero-order valence-corrected chi connectivity index (χ0v) is 16.7. The second kappa shape index (κ2) is 8.21. The van der Waals surface area contributed by atoms with Crippen molar-refractivity contribution in [1.29, 1.82) is 0 Å². The van der Waals surface area contributed by atoms with Gasteiger partial charge in [-0.1, -0.05) is 24.6 Å². The van der Waals surface area contributed by atoms with Crippen molar-refractivity contribution < 1.29 is 17.9 Å². The number of ether oxygens (including phenoxy) is 1. The molecule has 1 saturated carbocycles. The summed E-state index contributed by atoms with van der Waals surface area (Å²) in [4.78, 5) is 16.6. The highest BCUT2D eigenvalue weighted by molar-refractivity contribution is 7.93. The van der Waals surface area contributed by atoms with E-state index in [2.05, 4.69) is 9.71 Å². The molecule has 1 aliphatic rings. The number of nitrogens with zero attached hydrogens (tertiary/aromatic N) is 1. The van der Waals surface area contributed by atoms with Crippen molar-refractivity contribution in [1.82, 2.24) is 4.98 Å². The van der Waals surface area contributed by atoms with Crippen LogP contribution in [0.3, 0.4) is 0 Å². The molecule has 0 radical (unpaired) electrons. The lowest BCUT2D eigenvalue weighted by atomic mass is 9.98. The van der Waals surface area contributed by atoms with Crippen molar-refractivity contribution in [3.8, 4) is 0 Å². The van der Waals surface area contributed by atoms with Crippen LogP contribution in [-0.2, 0) is 14.8 Å². The number of hydrogen-bond acceptors (Lipinski definition) is 5. The summed E-state index contributed by atoms with van der Waals surface area (Å²) in [7, 11) is -3.82. The Labute approximate surface area is 170 Å². The van der Waals surface area contributed by atoms with E-state index in [1.807, 2.05) is 12.1 Å². The highest BCUT2D eigenvalue weighted by atomic mass is 32.2. The molecule has 0 aliphatic heterocycles. The molecule has 1 N–H and O–H groups in total. The molecule has 0 amide bonds. The molecule has 1 fully saturated rings. The smallest absolute Gasteiger partial charge is 0.338 e. The van der Waals surface area contributed by atoms with Crippen LogP contribution in [0.15, 0.2) is 65.7 Å². The van der Waals surface area contributed by atoms with Crippen molar-refractivity contribution >= 4 is 32.6 Å². The predicted molar refractivity (Wildman–Crippen MR) is 111 cm³/mol. The normalized spacial score (nSPS) is 15.2. The average Bonchev–Trinajstić information content (AvgIpc) is 2.74. The number of carbonyl (C=O) groups is 1. The third kappa shape index (κ3) is 4.40. The van der Waals surface area contributed by atoms with Crippen LogP contribution in [0.25, 0.3) is 10.9 Å². The molecule has 0 unspecified atom stereocenters. The summed E-state index contributed by atoms with van der Waals surface area (Å²) in [5.41, 5.74) is 1.19. The van der Waals surface area contributed by atoms with E-state index in [0.29, 0.717) is 16.8 Å². The van der Waals surface area contributed by atoms with Gasteiger partial charge in [-0.15, -0.1) is 0 Å². The minimum Gasteiger partial charge on any atom is -0.459 e. The van der Waals surface area contributed by atoms with Gasteiger partial charge >= 0.3 is 5.97 Å². The van der Waals surface area contributed by atoms with Gasteiger partial charge in [0.1, 0.15) is 11.0 Å². The maximum atomic E-state index is 12.9. The van der Waals surface area contributed by atoms with Crippen molar-refractivity contribution in [2.45, 2.75) is 43.1 Å². The first-order valence-corrected chi connectivity index (χ1v) is 11.2. The third-order valence-corrected chi connectivity index (χ3v) is 6.50. The summed E-state index contributed by atoms with van der Waals surface area (Å²) in [5.74, 6) is -0.371. The first kappa shape index (κ1) is 19.4. The molecule has 29 heavy (non-hydrogen) atoms. The Morgan fingerprint density at radius 1 is 0.966 bits per heavy atom. The monoisotopic (exact) mass is 410 g/mol. The Morgan fingerprint density at radius 2 is 1.69 bits per heavy atom. The second-order valence-electron chi connectivity index (χ2n) is 7.18. The van der Waals surface area contributed by atoms with Gasteiger partial charge in [0.2, 0.25) is 0 Å². The molecule has 6 nitrogen and oxygen atoms in total. The molecule has 0 saturated heterocycles. The minimum absolute atomic E-state index is 0.0201. The molecule has 1 aromatic heterocycles. The molecule has 0 atom stereocenters. The van der Waals surface area contributed by atoms with Gasteiger partial charge in [-0.3, -0.25) is 9.71 Å². The Balaban J connectivity index is 1.50. The zero-order valence-electron chi connectivity index (χ0n) is 15.9. The topological polar surface area (TPSA) is 85.4 Å². The fraction of sp³-hybridized carbons (Fsp3) is 0.273. The van der Waals surface area contributed by atoms with E-state index in [1.165, 1.54) is 12.5 Å². The summed E-state index contributed by atoms with van der Waals surface area (Å²) in [6, 6.07) is 14.9. The summed E-state index contributed by atoms with van der Waals surface area (Å²) < 4.78 is 33.8. The second-order valence-corrected chi connectivity index (χ2v) is 8.83. The average molecular weight is 410 g/mol. The van der Waals surface area contributed by atoms with Gasteiger partial charge in [0, 0.05) is 17.3 Å². The Hall–Kier alpha value is -2.93. The van der Waals surface area contributed by atoms with Gasteiger partial charge in [-0.05, 0) is 62.1 Å². The van der Waals surface area contributed by atoms with Gasteiger partial charge < -0.3 is 4.74 Å². The van der Waals surface area contributed by atoms with Crippen LogP contribution < -0.4 is 4.72 Å². The van der Waals surface area contributed by atoms with Gasteiger partial charge in [-0.25, -0.2) is 13.2 Å². The third-order valence-electron chi connectivity index (χ3n) is 5.08. The predicted octanol–water partition coefficient (Wildman–Crippen LogP) is 4.53. The molecule has 1 heterocycles. The molecule has 3 aromatic rings. The van der Waals surface area contributed by atoms with Crippen LogP contribution in [0.4, 0.5) is 5.69 Å². The number of anilines is 1. The number of nitrogens with one attached hydrogen (secondary N) is 1. The summed E-state index contributed by atoms with van der Waals surface area (Å²) in [6.07, 6.45) is 6.71. The van der Waals surface area contributed by atoms with Crippen LogP contribution in [-0.4, -0.2) is 25.5 Å². The number of pyridine rings is 1. The minimum atomic E-state index is -3.82. The van der Waals surface area contributed by atoms with Crippen LogP contribution in [0.5, 0.6) is 0 Å². The molecular weight excluding hydrogens is 388 g/mol. The fourth-order valence-corrected chi connectivity index (χ4v) is 4.82. The lowest BCUT2D eigenvalue weighted by molar-refractivity contribution is 0.0211. The van der Waals surface area contributed by atoms with Crippen LogP contribution in [0.1, 0.15) is 42.5 Å². The number of esters is 1. The van der Waals surface area contributed by atoms with Gasteiger partial charge in [0.25, 0.3) is 10.0 Å². The van der Waals surface area contributed by atoms with E-state index in [-0.39, 0.29) is 17.0 Å².